The zero-order valence-electron chi connectivity index (χ0n) is 7.82. The van der Waals surface area contributed by atoms with Crippen molar-refractivity contribution in [3.63, 3.8) is 0 Å². The van der Waals surface area contributed by atoms with Gasteiger partial charge < -0.3 is 10.4 Å². The van der Waals surface area contributed by atoms with Crippen LogP contribution in [0.1, 0.15) is 6.92 Å². The van der Waals surface area contributed by atoms with Crippen LogP contribution in [0.25, 0.3) is 0 Å². The number of carboxylic acid groups (broad SMARTS) is 1. The maximum Gasteiger partial charge on any atom is 0.308 e. The van der Waals surface area contributed by atoms with E-state index >= 15 is 0 Å². The van der Waals surface area contributed by atoms with E-state index in [2.05, 4.69) is 5.32 Å². The molecule has 1 atom stereocenters. The third kappa shape index (κ3) is 6.31. The van der Waals surface area contributed by atoms with Crippen molar-refractivity contribution in [1.82, 2.24) is 5.32 Å². The molecule has 0 bridgehead atoms. The number of nitrogens with zero attached hydrogens (tertiary/aromatic N) is 1. The fourth-order valence-corrected chi connectivity index (χ4v) is 1.08. The maximum absolute atomic E-state index is 11.0. The molecule has 0 aromatic carbocycles. The van der Waals surface area contributed by atoms with E-state index < -0.39 is 11.9 Å². The van der Waals surface area contributed by atoms with Crippen LogP contribution in [-0.2, 0) is 9.59 Å². The number of aliphatic carboxylic acids is 1. The van der Waals surface area contributed by atoms with Gasteiger partial charge in [-0.1, -0.05) is 6.92 Å². The van der Waals surface area contributed by atoms with Gasteiger partial charge >= 0.3 is 5.97 Å². The Labute approximate surface area is 86.5 Å². The molecule has 78 valence electrons. The highest BCUT2D eigenvalue weighted by atomic mass is 32.2. The largest absolute Gasteiger partial charge is 0.481 e. The Hall–Kier alpha value is -1.22. The molecule has 14 heavy (non-hydrogen) atoms. The summed E-state index contributed by atoms with van der Waals surface area (Å²) in [6.07, 6.45) is 0. The lowest BCUT2D eigenvalue weighted by molar-refractivity contribution is -0.141. The van der Waals surface area contributed by atoms with E-state index in [1.54, 1.807) is 0 Å². The number of carbonyl (C=O) groups is 2. The highest BCUT2D eigenvalue weighted by Crippen LogP contribution is 1.97. The fourth-order valence-electron chi connectivity index (χ4n) is 0.595. The molecule has 0 rings (SSSR count). The van der Waals surface area contributed by atoms with E-state index in [4.69, 9.17) is 10.4 Å². The van der Waals surface area contributed by atoms with Gasteiger partial charge in [0.2, 0.25) is 5.91 Å². The Bertz CT molecular complexity index is 249. The Morgan fingerprint density at radius 2 is 2.29 bits per heavy atom. The lowest BCUT2D eigenvalue weighted by atomic mass is 10.2. The van der Waals surface area contributed by atoms with Gasteiger partial charge in [-0.15, -0.1) is 11.8 Å². The molecular formula is C8H12N2O3S. The third-order valence-electron chi connectivity index (χ3n) is 1.43. The average Bonchev–Trinajstić information content (AvgIpc) is 2.14. The summed E-state index contributed by atoms with van der Waals surface area (Å²) in [6.45, 7) is 1.65. The van der Waals surface area contributed by atoms with Crippen molar-refractivity contribution < 1.29 is 14.7 Å². The first-order chi connectivity index (χ1) is 6.57. The summed E-state index contributed by atoms with van der Waals surface area (Å²) in [5, 5.41) is 19.2. The summed E-state index contributed by atoms with van der Waals surface area (Å²) < 4.78 is 0. The molecule has 0 aliphatic carbocycles. The summed E-state index contributed by atoms with van der Waals surface area (Å²) in [5.41, 5.74) is 0. The number of hydrogen-bond donors (Lipinski definition) is 2. The molecule has 0 radical (unpaired) electrons. The van der Waals surface area contributed by atoms with E-state index in [9.17, 15) is 9.59 Å². The molecule has 0 fully saturated rings. The van der Waals surface area contributed by atoms with Gasteiger partial charge in [-0.2, -0.15) is 5.26 Å². The van der Waals surface area contributed by atoms with E-state index in [1.165, 1.54) is 18.7 Å². The molecule has 1 amide bonds. The van der Waals surface area contributed by atoms with Crippen molar-refractivity contribution in [2.45, 2.75) is 6.92 Å². The second-order valence-corrected chi connectivity index (χ2v) is 3.68. The molecule has 0 saturated carbocycles. The summed E-state index contributed by atoms with van der Waals surface area (Å²) >= 11 is 1.20. The van der Waals surface area contributed by atoms with E-state index in [-0.39, 0.29) is 24.0 Å². The van der Waals surface area contributed by atoms with Crippen LogP contribution < -0.4 is 5.32 Å². The number of carboxylic acids is 1. The van der Waals surface area contributed by atoms with Gasteiger partial charge in [-0.25, -0.2) is 0 Å². The van der Waals surface area contributed by atoms with Crippen LogP contribution in [0.2, 0.25) is 0 Å². The van der Waals surface area contributed by atoms with Gasteiger partial charge in [0.05, 0.1) is 23.5 Å². The van der Waals surface area contributed by atoms with E-state index in [0.717, 1.165) is 0 Å². The monoisotopic (exact) mass is 216 g/mol. The van der Waals surface area contributed by atoms with Crippen molar-refractivity contribution in [1.29, 1.82) is 5.26 Å². The Balaban J connectivity index is 3.54. The maximum atomic E-state index is 11.0. The van der Waals surface area contributed by atoms with Crippen LogP contribution in [0.3, 0.4) is 0 Å². The molecule has 0 saturated heterocycles. The summed E-state index contributed by atoms with van der Waals surface area (Å²) in [7, 11) is 0. The number of thioether (sulfide) groups is 1. The Morgan fingerprint density at radius 1 is 1.64 bits per heavy atom. The van der Waals surface area contributed by atoms with Gasteiger partial charge in [0.25, 0.3) is 0 Å². The quantitative estimate of drug-likeness (QED) is 0.614. The van der Waals surface area contributed by atoms with Gasteiger partial charge in [0.15, 0.2) is 0 Å². The zero-order chi connectivity index (χ0) is 11.0. The molecule has 0 aliphatic rings. The molecule has 0 aliphatic heterocycles. The van der Waals surface area contributed by atoms with Crippen molar-refractivity contribution in [3.05, 3.63) is 0 Å². The smallest absolute Gasteiger partial charge is 0.308 e. The minimum atomic E-state index is -0.935. The van der Waals surface area contributed by atoms with Crippen LogP contribution in [0.15, 0.2) is 0 Å². The zero-order valence-corrected chi connectivity index (χ0v) is 8.63. The molecule has 0 spiro atoms. The van der Waals surface area contributed by atoms with E-state index in [1.807, 2.05) is 6.07 Å². The number of nitrogens with one attached hydrogen (secondary N) is 1. The molecular weight excluding hydrogens is 204 g/mol. The molecule has 5 nitrogen and oxygen atoms in total. The van der Waals surface area contributed by atoms with Crippen molar-refractivity contribution >= 4 is 23.6 Å². The van der Waals surface area contributed by atoms with Crippen molar-refractivity contribution in [3.8, 4) is 6.07 Å². The van der Waals surface area contributed by atoms with Crippen LogP contribution in [-0.4, -0.2) is 35.0 Å². The lowest BCUT2D eigenvalue weighted by Crippen LogP contribution is -2.32. The molecule has 1 unspecified atom stereocenters. The highest BCUT2D eigenvalue weighted by Gasteiger charge is 2.11. The van der Waals surface area contributed by atoms with Gasteiger partial charge in [-0.05, 0) is 0 Å². The first-order valence-electron chi connectivity index (χ1n) is 4.02. The average molecular weight is 216 g/mol. The topological polar surface area (TPSA) is 90.2 Å². The van der Waals surface area contributed by atoms with E-state index in [0.29, 0.717) is 0 Å². The summed E-state index contributed by atoms with van der Waals surface area (Å²) in [5.74, 6) is -1.30. The molecule has 0 aromatic heterocycles. The minimum Gasteiger partial charge on any atom is -0.481 e. The lowest BCUT2D eigenvalue weighted by Gasteiger charge is -2.07. The predicted octanol–water partition coefficient (Wildman–Crippen LogP) is 0.0801. The third-order valence-corrected chi connectivity index (χ3v) is 2.23. The Morgan fingerprint density at radius 3 is 2.79 bits per heavy atom. The minimum absolute atomic E-state index is 0.126. The molecule has 0 aromatic rings. The summed E-state index contributed by atoms with van der Waals surface area (Å²) in [4.78, 5) is 21.4. The molecule has 6 heteroatoms. The highest BCUT2D eigenvalue weighted by molar-refractivity contribution is 8.00. The first-order valence-corrected chi connectivity index (χ1v) is 5.17. The standard InChI is InChI=1S/C8H12N2O3S/c1-6(8(12)13)4-10-7(11)5-14-3-2-9/h6H,3-5H2,1H3,(H,10,11)(H,12,13). The second-order valence-electron chi connectivity index (χ2n) is 2.69. The van der Waals surface area contributed by atoms with Crippen molar-refractivity contribution in [2.75, 3.05) is 18.1 Å². The number of hydrogen-bond acceptors (Lipinski definition) is 4. The van der Waals surface area contributed by atoms with Crippen LogP contribution in [0, 0.1) is 17.2 Å². The molecule has 2 N–H and O–H groups in total. The summed E-state index contributed by atoms with van der Waals surface area (Å²) in [6, 6.07) is 1.90. The predicted molar refractivity (Wildman–Crippen MR) is 52.7 cm³/mol. The fraction of sp³-hybridized carbons (Fsp3) is 0.625. The number of nitriles is 1. The van der Waals surface area contributed by atoms with Crippen molar-refractivity contribution in [2.24, 2.45) is 5.92 Å². The second kappa shape index (κ2) is 7.21. The number of amides is 1. The van der Waals surface area contributed by atoms with Gasteiger partial charge in [-0.3, -0.25) is 9.59 Å². The normalized spacial score (nSPS) is 11.4. The SMILES string of the molecule is CC(CNC(=O)CSCC#N)C(=O)O. The van der Waals surface area contributed by atoms with Gasteiger partial charge in [0.1, 0.15) is 0 Å². The Kier molecular flexibility index (Phi) is 6.58. The number of rotatable bonds is 6. The van der Waals surface area contributed by atoms with Crippen LogP contribution >= 0.6 is 11.8 Å². The van der Waals surface area contributed by atoms with Crippen LogP contribution in [0.5, 0.6) is 0 Å². The van der Waals surface area contributed by atoms with Crippen LogP contribution in [0.4, 0.5) is 0 Å². The molecule has 0 heterocycles. The van der Waals surface area contributed by atoms with Gasteiger partial charge in [0, 0.05) is 6.54 Å². The first kappa shape index (κ1) is 12.8. The number of carbonyl (C=O) groups excluding carboxylic acids is 1.